The van der Waals surface area contributed by atoms with E-state index in [9.17, 15) is 24.0 Å². The van der Waals surface area contributed by atoms with Crippen LogP contribution in [0.25, 0.3) is 0 Å². The molecule has 0 unspecified atom stereocenters. The first kappa shape index (κ1) is 15.9. The van der Waals surface area contributed by atoms with Gasteiger partial charge in [0.1, 0.15) is 0 Å². The van der Waals surface area contributed by atoms with E-state index < -0.39 is 52.4 Å². The van der Waals surface area contributed by atoms with Crippen molar-refractivity contribution in [2.45, 2.75) is 11.8 Å². The van der Waals surface area contributed by atoms with E-state index in [0.717, 1.165) is 0 Å². The Morgan fingerprint density at radius 2 is 1.29 bits per heavy atom. The summed E-state index contributed by atoms with van der Waals surface area (Å²) in [5.74, 6) is -11.2. The molecule has 0 amide bonds. The fourth-order valence-electron chi connectivity index (χ4n) is 1.63. The lowest BCUT2D eigenvalue weighted by atomic mass is 9.98. The molecule has 0 fully saturated rings. The summed E-state index contributed by atoms with van der Waals surface area (Å²) < 4.78 is 0. The fraction of sp³-hybridized carbons (Fsp3) is 0.182. The van der Waals surface area contributed by atoms with Crippen molar-refractivity contribution in [3.8, 4) is 0 Å². The normalized spacial score (nSPS) is 10.6. The first-order chi connectivity index (χ1) is 9.66. The van der Waals surface area contributed by atoms with Gasteiger partial charge in [-0.1, -0.05) is 0 Å². The third-order valence-electron chi connectivity index (χ3n) is 2.58. The topological polar surface area (TPSA) is 182 Å². The average Bonchev–Trinajstić information content (AvgIpc) is 2.30. The van der Waals surface area contributed by atoms with Crippen LogP contribution in [-0.4, -0.2) is 49.3 Å². The Balaban J connectivity index is 3.37. The molecule has 0 saturated heterocycles. The summed E-state index contributed by atoms with van der Waals surface area (Å²) in [4.78, 5) is 57.1. The smallest absolute Gasteiger partial charge is 0.324 e. The van der Waals surface area contributed by atoms with Gasteiger partial charge in [0.15, 0.2) is 17.3 Å². The molecule has 0 atom stereocenters. The Labute approximate surface area is 115 Å². The van der Waals surface area contributed by atoms with Gasteiger partial charge in [0.05, 0.1) is 0 Å². The Morgan fingerprint density at radius 1 is 0.857 bits per heavy atom. The fourth-order valence-corrected chi connectivity index (χ4v) is 1.63. The van der Waals surface area contributed by atoms with E-state index in [-0.39, 0.29) is 0 Å². The maximum absolute atomic E-state index is 11.7. The SMILES string of the molecule is O=C(O)C(C(=O)O)c1cc(=O)c(C(C(=O)O)C(=O)O)c[nH]1. The minimum atomic E-state index is -2.14. The quantitative estimate of drug-likeness (QED) is 0.406. The number of hydrogen-bond acceptors (Lipinski definition) is 5. The number of aromatic nitrogens is 1. The van der Waals surface area contributed by atoms with E-state index in [1.54, 1.807) is 0 Å². The molecule has 21 heavy (non-hydrogen) atoms. The first-order valence-corrected chi connectivity index (χ1v) is 5.30. The molecule has 0 radical (unpaired) electrons. The maximum Gasteiger partial charge on any atom is 0.324 e. The van der Waals surface area contributed by atoms with Crippen molar-refractivity contribution >= 4 is 23.9 Å². The van der Waals surface area contributed by atoms with Gasteiger partial charge in [0.2, 0.25) is 0 Å². The van der Waals surface area contributed by atoms with Gasteiger partial charge in [0, 0.05) is 23.5 Å². The van der Waals surface area contributed by atoms with Crippen LogP contribution in [0.2, 0.25) is 0 Å². The number of hydrogen-bond donors (Lipinski definition) is 5. The predicted molar refractivity (Wildman–Crippen MR) is 63.1 cm³/mol. The third kappa shape index (κ3) is 3.23. The van der Waals surface area contributed by atoms with Crippen LogP contribution in [0.15, 0.2) is 17.1 Å². The molecule has 0 aliphatic rings. The summed E-state index contributed by atoms with van der Waals surface area (Å²) in [6, 6.07) is 0.557. The zero-order chi connectivity index (χ0) is 16.3. The van der Waals surface area contributed by atoms with Crippen LogP contribution >= 0.6 is 0 Å². The van der Waals surface area contributed by atoms with Gasteiger partial charge in [-0.15, -0.1) is 0 Å². The van der Waals surface area contributed by atoms with Crippen LogP contribution in [0, 0.1) is 0 Å². The van der Waals surface area contributed by atoms with E-state index in [0.29, 0.717) is 12.3 Å². The highest BCUT2D eigenvalue weighted by Crippen LogP contribution is 2.16. The standard InChI is InChI=1S/C11H9NO9/c13-5-1-4(7(10(18)19)11(20)21)12-2-3(5)6(8(14)15)9(16)17/h1-2,6-7H,(H,12,13)(H,14,15)(H,16,17)(H,18,19)(H,20,21). The molecule has 10 heteroatoms. The van der Waals surface area contributed by atoms with Gasteiger partial charge in [-0.3, -0.25) is 24.0 Å². The van der Waals surface area contributed by atoms with E-state index in [1.165, 1.54) is 0 Å². The number of pyridine rings is 1. The van der Waals surface area contributed by atoms with Crippen LogP contribution in [0.1, 0.15) is 23.1 Å². The van der Waals surface area contributed by atoms with E-state index >= 15 is 0 Å². The molecule has 0 bridgehead atoms. The number of aliphatic carboxylic acids is 4. The second kappa shape index (κ2) is 5.86. The number of rotatable bonds is 6. The highest BCUT2D eigenvalue weighted by molar-refractivity contribution is 5.99. The van der Waals surface area contributed by atoms with Crippen LogP contribution in [-0.2, 0) is 19.2 Å². The lowest BCUT2D eigenvalue weighted by Crippen LogP contribution is -2.29. The summed E-state index contributed by atoms with van der Waals surface area (Å²) in [5.41, 5.74) is -2.24. The number of H-pyrrole nitrogens is 1. The number of nitrogens with one attached hydrogen (secondary N) is 1. The Morgan fingerprint density at radius 3 is 1.62 bits per heavy atom. The summed E-state index contributed by atoms with van der Waals surface area (Å²) >= 11 is 0. The molecule has 0 aromatic carbocycles. The largest absolute Gasteiger partial charge is 0.480 e. The molecule has 1 aromatic rings. The maximum atomic E-state index is 11.7. The van der Waals surface area contributed by atoms with Crippen LogP contribution in [0.4, 0.5) is 0 Å². The second-order valence-electron chi connectivity index (χ2n) is 3.93. The number of aromatic amines is 1. The molecule has 0 spiro atoms. The Hall–Kier alpha value is -3.17. The zero-order valence-corrected chi connectivity index (χ0v) is 10.1. The van der Waals surface area contributed by atoms with Crippen molar-refractivity contribution < 1.29 is 39.6 Å². The lowest BCUT2D eigenvalue weighted by Gasteiger charge is -2.10. The van der Waals surface area contributed by atoms with Gasteiger partial charge in [-0.2, -0.15) is 0 Å². The van der Waals surface area contributed by atoms with E-state index in [2.05, 4.69) is 4.98 Å². The zero-order valence-electron chi connectivity index (χ0n) is 10.1. The molecule has 5 N–H and O–H groups in total. The number of carboxylic acids is 4. The third-order valence-corrected chi connectivity index (χ3v) is 2.58. The molecule has 1 heterocycles. The molecular weight excluding hydrogens is 290 g/mol. The number of carboxylic acid groups (broad SMARTS) is 4. The molecule has 1 aromatic heterocycles. The minimum Gasteiger partial charge on any atom is -0.480 e. The molecular formula is C11H9NO9. The van der Waals surface area contributed by atoms with Crippen LogP contribution in [0.5, 0.6) is 0 Å². The van der Waals surface area contributed by atoms with Gasteiger partial charge >= 0.3 is 23.9 Å². The van der Waals surface area contributed by atoms with Crippen LogP contribution in [0.3, 0.4) is 0 Å². The predicted octanol–water partition coefficient (Wildman–Crippen LogP) is -1.12. The molecule has 112 valence electrons. The molecule has 1 rings (SSSR count). The van der Waals surface area contributed by atoms with Gasteiger partial charge in [0.25, 0.3) is 0 Å². The Bertz CT molecular complexity index is 647. The highest BCUT2D eigenvalue weighted by Gasteiger charge is 2.33. The minimum absolute atomic E-state index is 0.502. The van der Waals surface area contributed by atoms with Crippen molar-refractivity contribution in [3.05, 3.63) is 33.7 Å². The number of carbonyl (C=O) groups is 4. The summed E-state index contributed by atoms with van der Waals surface area (Å²) in [6.07, 6.45) is 0.684. The summed E-state index contributed by atoms with van der Waals surface area (Å²) in [5, 5.41) is 35.0. The van der Waals surface area contributed by atoms with Crippen LogP contribution < -0.4 is 5.43 Å². The van der Waals surface area contributed by atoms with Crippen molar-refractivity contribution in [1.29, 1.82) is 0 Å². The summed E-state index contributed by atoms with van der Waals surface area (Å²) in [7, 11) is 0. The van der Waals surface area contributed by atoms with Crippen molar-refractivity contribution in [2.24, 2.45) is 0 Å². The van der Waals surface area contributed by atoms with Crippen molar-refractivity contribution in [3.63, 3.8) is 0 Å². The highest BCUT2D eigenvalue weighted by atomic mass is 16.4. The molecule has 10 nitrogen and oxygen atoms in total. The van der Waals surface area contributed by atoms with Crippen molar-refractivity contribution in [1.82, 2.24) is 4.98 Å². The van der Waals surface area contributed by atoms with Gasteiger partial charge < -0.3 is 25.4 Å². The van der Waals surface area contributed by atoms with Gasteiger partial charge in [-0.05, 0) is 0 Å². The lowest BCUT2D eigenvalue weighted by molar-refractivity contribution is -0.152. The first-order valence-electron chi connectivity index (χ1n) is 5.30. The molecule has 0 saturated carbocycles. The molecule has 0 aliphatic heterocycles. The second-order valence-corrected chi connectivity index (χ2v) is 3.93. The monoisotopic (exact) mass is 299 g/mol. The van der Waals surface area contributed by atoms with E-state index in [4.69, 9.17) is 20.4 Å². The van der Waals surface area contributed by atoms with Crippen molar-refractivity contribution in [2.75, 3.05) is 0 Å². The average molecular weight is 299 g/mol. The van der Waals surface area contributed by atoms with E-state index in [1.807, 2.05) is 0 Å². The van der Waals surface area contributed by atoms with Gasteiger partial charge in [-0.25, -0.2) is 0 Å². The molecule has 0 aliphatic carbocycles. The Kier molecular flexibility index (Phi) is 4.43. The summed E-state index contributed by atoms with van der Waals surface area (Å²) in [6.45, 7) is 0.